The van der Waals surface area contributed by atoms with Gasteiger partial charge in [0.25, 0.3) is 0 Å². The molecule has 0 bridgehead atoms. The Morgan fingerprint density at radius 1 is 1.46 bits per heavy atom. The van der Waals surface area contributed by atoms with Gasteiger partial charge in [0, 0.05) is 6.92 Å². The summed E-state index contributed by atoms with van der Waals surface area (Å²) < 4.78 is 1.86. The van der Waals surface area contributed by atoms with Gasteiger partial charge in [-0.1, -0.05) is 6.07 Å². The average Bonchev–Trinajstić information content (AvgIpc) is 2.48. The van der Waals surface area contributed by atoms with Crippen LogP contribution < -0.4 is 0 Å². The summed E-state index contributed by atoms with van der Waals surface area (Å²) in [7, 11) is 0. The van der Waals surface area contributed by atoms with E-state index < -0.39 is 0 Å². The first-order chi connectivity index (χ1) is 6.20. The SMILES string of the molecule is CC(=O)c1cccc2cnc(C)n12. The normalized spacial score (nSPS) is 10.6. The van der Waals surface area contributed by atoms with Gasteiger partial charge in [0.15, 0.2) is 5.78 Å². The van der Waals surface area contributed by atoms with E-state index in [0.717, 1.165) is 11.3 Å². The summed E-state index contributed by atoms with van der Waals surface area (Å²) in [6, 6.07) is 5.61. The minimum absolute atomic E-state index is 0.0618. The largest absolute Gasteiger partial charge is 0.294 e. The molecule has 2 aromatic rings. The molecule has 0 radical (unpaired) electrons. The molecule has 0 aliphatic carbocycles. The molecule has 0 N–H and O–H groups in total. The Bertz CT molecular complexity index is 471. The van der Waals surface area contributed by atoms with Crippen LogP contribution in [0.4, 0.5) is 0 Å². The Hall–Kier alpha value is -1.64. The third-order valence-corrected chi connectivity index (χ3v) is 2.09. The Kier molecular flexibility index (Phi) is 1.65. The Balaban J connectivity index is 2.88. The lowest BCUT2D eigenvalue weighted by Crippen LogP contribution is -2.02. The number of imidazole rings is 1. The first-order valence-electron chi connectivity index (χ1n) is 4.14. The molecule has 3 nitrogen and oxygen atoms in total. The number of pyridine rings is 1. The van der Waals surface area contributed by atoms with Crippen molar-refractivity contribution in [2.24, 2.45) is 0 Å². The summed E-state index contributed by atoms with van der Waals surface area (Å²) >= 11 is 0. The van der Waals surface area contributed by atoms with E-state index in [1.54, 1.807) is 13.1 Å². The number of carbonyl (C=O) groups is 1. The van der Waals surface area contributed by atoms with Crippen molar-refractivity contribution in [2.75, 3.05) is 0 Å². The van der Waals surface area contributed by atoms with Crippen molar-refractivity contribution in [3.05, 3.63) is 35.9 Å². The average molecular weight is 174 g/mol. The van der Waals surface area contributed by atoms with Crippen molar-refractivity contribution in [1.82, 2.24) is 9.38 Å². The molecule has 2 aromatic heterocycles. The van der Waals surface area contributed by atoms with Crippen molar-refractivity contribution < 1.29 is 4.79 Å². The van der Waals surface area contributed by atoms with Crippen molar-refractivity contribution >= 4 is 11.3 Å². The van der Waals surface area contributed by atoms with Crippen molar-refractivity contribution in [3.8, 4) is 0 Å². The molecule has 13 heavy (non-hydrogen) atoms. The molecule has 0 aliphatic heterocycles. The summed E-state index contributed by atoms with van der Waals surface area (Å²) in [6.07, 6.45) is 1.77. The molecule has 0 saturated heterocycles. The van der Waals surface area contributed by atoms with Gasteiger partial charge in [-0.2, -0.15) is 0 Å². The molecule has 0 atom stereocenters. The Morgan fingerprint density at radius 2 is 2.23 bits per heavy atom. The third kappa shape index (κ3) is 1.13. The van der Waals surface area contributed by atoms with E-state index in [1.807, 2.05) is 29.5 Å². The van der Waals surface area contributed by atoms with Crippen LogP contribution >= 0.6 is 0 Å². The van der Waals surface area contributed by atoms with Crippen molar-refractivity contribution in [3.63, 3.8) is 0 Å². The van der Waals surface area contributed by atoms with E-state index in [2.05, 4.69) is 4.98 Å². The summed E-state index contributed by atoms with van der Waals surface area (Å²) in [6.45, 7) is 3.45. The fraction of sp³-hybridized carbons (Fsp3) is 0.200. The van der Waals surface area contributed by atoms with Gasteiger partial charge in [0.05, 0.1) is 17.4 Å². The molecular formula is C10H10N2O. The lowest BCUT2D eigenvalue weighted by molar-refractivity contribution is 0.101. The highest BCUT2D eigenvalue weighted by atomic mass is 16.1. The number of Topliss-reactive ketones (excluding diaryl/α,β-unsaturated/α-hetero) is 1. The standard InChI is InChI=1S/C10H10N2O/c1-7(13)10-5-3-4-9-6-11-8(2)12(9)10/h3-6H,1-2H3. The van der Waals surface area contributed by atoms with Gasteiger partial charge >= 0.3 is 0 Å². The van der Waals surface area contributed by atoms with Crippen LogP contribution in [0, 0.1) is 6.92 Å². The number of carbonyl (C=O) groups excluding carboxylic acids is 1. The molecule has 0 fully saturated rings. The van der Waals surface area contributed by atoms with E-state index in [-0.39, 0.29) is 5.78 Å². The highest BCUT2D eigenvalue weighted by molar-refractivity contribution is 5.93. The van der Waals surface area contributed by atoms with Gasteiger partial charge < -0.3 is 0 Å². The lowest BCUT2D eigenvalue weighted by atomic mass is 10.2. The second kappa shape index (κ2) is 2.69. The summed E-state index contributed by atoms with van der Waals surface area (Å²) in [5.74, 6) is 0.910. The Labute approximate surface area is 76.0 Å². The quantitative estimate of drug-likeness (QED) is 0.618. The first-order valence-corrected chi connectivity index (χ1v) is 4.14. The van der Waals surface area contributed by atoms with Gasteiger partial charge in [-0.3, -0.25) is 9.20 Å². The molecule has 2 heterocycles. The number of aromatic nitrogens is 2. The van der Waals surface area contributed by atoms with Gasteiger partial charge in [-0.15, -0.1) is 0 Å². The van der Waals surface area contributed by atoms with Gasteiger partial charge in [-0.05, 0) is 19.1 Å². The van der Waals surface area contributed by atoms with Crippen LogP contribution in [0.1, 0.15) is 23.2 Å². The monoisotopic (exact) mass is 174 g/mol. The first kappa shape index (κ1) is 7.98. The molecule has 0 aromatic carbocycles. The Morgan fingerprint density at radius 3 is 2.92 bits per heavy atom. The number of ketones is 1. The maximum atomic E-state index is 11.3. The lowest BCUT2D eigenvalue weighted by Gasteiger charge is -2.02. The molecule has 0 aliphatic rings. The van der Waals surface area contributed by atoms with E-state index in [0.29, 0.717) is 5.69 Å². The molecule has 0 spiro atoms. The van der Waals surface area contributed by atoms with Crippen LogP contribution in [-0.4, -0.2) is 15.2 Å². The second-order valence-corrected chi connectivity index (χ2v) is 3.03. The summed E-state index contributed by atoms with van der Waals surface area (Å²) in [4.78, 5) is 15.4. The van der Waals surface area contributed by atoms with Crippen LogP contribution in [0.2, 0.25) is 0 Å². The zero-order valence-corrected chi connectivity index (χ0v) is 7.61. The predicted molar refractivity (Wildman–Crippen MR) is 49.9 cm³/mol. The minimum Gasteiger partial charge on any atom is -0.294 e. The molecule has 3 heteroatoms. The molecular weight excluding hydrogens is 164 g/mol. The van der Waals surface area contributed by atoms with Crippen LogP contribution in [-0.2, 0) is 0 Å². The van der Waals surface area contributed by atoms with Gasteiger partial charge in [0.1, 0.15) is 5.82 Å². The number of hydrogen-bond acceptors (Lipinski definition) is 2. The summed E-state index contributed by atoms with van der Waals surface area (Å²) in [5, 5.41) is 0. The number of nitrogens with zero attached hydrogens (tertiary/aromatic N) is 2. The molecule has 2 rings (SSSR count). The van der Waals surface area contributed by atoms with Crippen LogP contribution in [0.25, 0.3) is 5.52 Å². The number of hydrogen-bond donors (Lipinski definition) is 0. The molecule has 66 valence electrons. The van der Waals surface area contributed by atoms with Crippen LogP contribution in [0.3, 0.4) is 0 Å². The molecule has 0 saturated carbocycles. The zero-order chi connectivity index (χ0) is 9.42. The number of fused-ring (bicyclic) bond motifs is 1. The second-order valence-electron chi connectivity index (χ2n) is 3.03. The van der Waals surface area contributed by atoms with Crippen molar-refractivity contribution in [2.45, 2.75) is 13.8 Å². The third-order valence-electron chi connectivity index (χ3n) is 2.09. The number of rotatable bonds is 1. The summed E-state index contributed by atoms with van der Waals surface area (Å²) in [5.41, 5.74) is 1.65. The zero-order valence-electron chi connectivity index (χ0n) is 7.61. The van der Waals surface area contributed by atoms with Gasteiger partial charge in [0.2, 0.25) is 0 Å². The highest BCUT2D eigenvalue weighted by Gasteiger charge is 2.06. The van der Waals surface area contributed by atoms with E-state index in [9.17, 15) is 4.79 Å². The van der Waals surface area contributed by atoms with Crippen LogP contribution in [0.15, 0.2) is 24.4 Å². The van der Waals surface area contributed by atoms with Gasteiger partial charge in [-0.25, -0.2) is 4.98 Å². The topological polar surface area (TPSA) is 34.4 Å². The van der Waals surface area contributed by atoms with Crippen LogP contribution in [0.5, 0.6) is 0 Å². The predicted octanol–water partition coefficient (Wildman–Crippen LogP) is 1.85. The smallest absolute Gasteiger partial charge is 0.176 e. The molecule has 0 amide bonds. The van der Waals surface area contributed by atoms with E-state index >= 15 is 0 Å². The maximum Gasteiger partial charge on any atom is 0.176 e. The minimum atomic E-state index is 0.0618. The van der Waals surface area contributed by atoms with E-state index in [1.165, 1.54) is 0 Å². The highest BCUT2D eigenvalue weighted by Crippen LogP contribution is 2.10. The molecule has 0 unspecified atom stereocenters. The van der Waals surface area contributed by atoms with E-state index in [4.69, 9.17) is 0 Å². The number of aryl methyl sites for hydroxylation is 1. The maximum absolute atomic E-state index is 11.3. The fourth-order valence-electron chi connectivity index (χ4n) is 1.48. The van der Waals surface area contributed by atoms with Crippen molar-refractivity contribution in [1.29, 1.82) is 0 Å². The fourth-order valence-corrected chi connectivity index (χ4v) is 1.48.